The lowest BCUT2D eigenvalue weighted by Crippen LogP contribution is -2.25. The second kappa shape index (κ2) is 4.10. The molecule has 1 heterocycles. The predicted molar refractivity (Wildman–Crippen MR) is 47.6 cm³/mol. The maximum Gasteiger partial charge on any atom is 0.0577 e. The molecule has 0 radical (unpaired) electrons. The molecule has 2 unspecified atom stereocenters. The van der Waals surface area contributed by atoms with Crippen molar-refractivity contribution in [2.45, 2.75) is 46.1 Å². The Labute approximate surface area is 70.1 Å². The molecule has 0 bridgehead atoms. The Kier molecular flexibility index (Phi) is 3.38. The van der Waals surface area contributed by atoms with E-state index in [0.29, 0.717) is 6.10 Å². The second-order valence-corrected chi connectivity index (χ2v) is 4.27. The fourth-order valence-electron chi connectivity index (χ4n) is 1.65. The Hall–Kier alpha value is -0.0400. The van der Waals surface area contributed by atoms with Crippen LogP contribution in [-0.2, 0) is 4.74 Å². The van der Waals surface area contributed by atoms with Crippen LogP contribution in [0.25, 0.3) is 0 Å². The summed E-state index contributed by atoms with van der Waals surface area (Å²) in [6, 6.07) is 0. The highest BCUT2D eigenvalue weighted by atomic mass is 16.5. The zero-order valence-electron chi connectivity index (χ0n) is 7.97. The topological polar surface area (TPSA) is 9.23 Å². The van der Waals surface area contributed by atoms with Gasteiger partial charge in [0, 0.05) is 6.61 Å². The van der Waals surface area contributed by atoms with Crippen LogP contribution in [-0.4, -0.2) is 12.7 Å². The molecule has 0 spiro atoms. The number of hydrogen-bond donors (Lipinski definition) is 0. The van der Waals surface area contributed by atoms with Crippen molar-refractivity contribution < 1.29 is 4.74 Å². The lowest BCUT2D eigenvalue weighted by molar-refractivity contribution is -0.0209. The number of rotatable bonds is 2. The molecule has 0 N–H and O–H groups in total. The maximum absolute atomic E-state index is 5.70. The normalized spacial score (nSPS) is 32.7. The van der Waals surface area contributed by atoms with Gasteiger partial charge in [0.25, 0.3) is 0 Å². The average Bonchev–Trinajstić information content (AvgIpc) is 1.93. The van der Waals surface area contributed by atoms with Crippen LogP contribution in [0.5, 0.6) is 0 Å². The molecule has 0 saturated carbocycles. The molecule has 1 saturated heterocycles. The van der Waals surface area contributed by atoms with Crippen LogP contribution in [0.15, 0.2) is 0 Å². The Balaban J connectivity index is 2.17. The molecular weight excluding hydrogens is 136 g/mol. The summed E-state index contributed by atoms with van der Waals surface area (Å²) >= 11 is 0. The summed E-state index contributed by atoms with van der Waals surface area (Å²) in [5.41, 5.74) is 0. The molecule has 2 atom stereocenters. The second-order valence-electron chi connectivity index (χ2n) is 4.27. The largest absolute Gasteiger partial charge is 0.378 e. The fraction of sp³-hybridized carbons (Fsp3) is 1.00. The lowest BCUT2D eigenvalue weighted by atomic mass is 9.95. The van der Waals surface area contributed by atoms with E-state index in [2.05, 4.69) is 20.8 Å². The van der Waals surface area contributed by atoms with Crippen LogP contribution in [0.4, 0.5) is 0 Å². The first kappa shape index (κ1) is 9.05. The minimum atomic E-state index is 0.561. The lowest BCUT2D eigenvalue weighted by Gasteiger charge is -2.27. The molecule has 66 valence electrons. The summed E-state index contributed by atoms with van der Waals surface area (Å²) in [6.07, 6.45) is 4.44. The van der Waals surface area contributed by atoms with Gasteiger partial charge in [-0.2, -0.15) is 0 Å². The van der Waals surface area contributed by atoms with Crippen molar-refractivity contribution in [2.24, 2.45) is 11.8 Å². The zero-order chi connectivity index (χ0) is 8.27. The van der Waals surface area contributed by atoms with E-state index in [1.54, 1.807) is 0 Å². The van der Waals surface area contributed by atoms with E-state index < -0.39 is 0 Å². The van der Waals surface area contributed by atoms with Crippen LogP contribution in [0, 0.1) is 11.8 Å². The molecule has 0 aliphatic carbocycles. The molecule has 1 rings (SSSR count). The van der Waals surface area contributed by atoms with Crippen LogP contribution >= 0.6 is 0 Å². The van der Waals surface area contributed by atoms with Gasteiger partial charge in [-0.05, 0) is 31.1 Å². The molecule has 1 aliphatic heterocycles. The van der Waals surface area contributed by atoms with E-state index in [4.69, 9.17) is 4.74 Å². The van der Waals surface area contributed by atoms with Gasteiger partial charge in [-0.3, -0.25) is 0 Å². The molecule has 0 aromatic rings. The van der Waals surface area contributed by atoms with Crippen molar-refractivity contribution in [1.29, 1.82) is 0 Å². The average molecular weight is 156 g/mol. The highest BCUT2D eigenvalue weighted by Crippen LogP contribution is 2.22. The first-order valence-electron chi connectivity index (χ1n) is 4.80. The van der Waals surface area contributed by atoms with E-state index in [0.717, 1.165) is 18.4 Å². The van der Waals surface area contributed by atoms with Crippen LogP contribution < -0.4 is 0 Å². The predicted octanol–water partition coefficient (Wildman–Crippen LogP) is 2.85. The zero-order valence-corrected chi connectivity index (χ0v) is 7.97. The maximum atomic E-state index is 5.70. The van der Waals surface area contributed by atoms with Gasteiger partial charge < -0.3 is 4.74 Å². The summed E-state index contributed by atoms with van der Waals surface area (Å²) in [5, 5.41) is 0. The first-order valence-corrected chi connectivity index (χ1v) is 4.80. The van der Waals surface area contributed by atoms with E-state index >= 15 is 0 Å². The smallest absolute Gasteiger partial charge is 0.0577 e. The molecule has 1 nitrogen and oxygen atoms in total. The summed E-state index contributed by atoms with van der Waals surface area (Å²) in [4.78, 5) is 0. The highest BCUT2D eigenvalue weighted by Gasteiger charge is 2.18. The minimum Gasteiger partial charge on any atom is -0.378 e. The molecule has 0 aromatic heterocycles. The van der Waals surface area contributed by atoms with Crippen LogP contribution in [0.1, 0.15) is 40.0 Å². The van der Waals surface area contributed by atoms with Gasteiger partial charge in [-0.15, -0.1) is 0 Å². The van der Waals surface area contributed by atoms with Crippen LogP contribution in [0.2, 0.25) is 0 Å². The first-order chi connectivity index (χ1) is 5.18. The van der Waals surface area contributed by atoms with Gasteiger partial charge in [0.15, 0.2) is 0 Å². The standard InChI is InChI=1S/C10H20O/c1-8(2)6-10-5-4-9(3)7-11-10/h8-10H,4-7H2,1-3H3. The Bertz CT molecular complexity index is 101. The Morgan fingerprint density at radius 1 is 1.36 bits per heavy atom. The summed E-state index contributed by atoms with van der Waals surface area (Å²) in [7, 11) is 0. The quantitative estimate of drug-likeness (QED) is 0.597. The highest BCUT2D eigenvalue weighted by molar-refractivity contribution is 4.68. The fourth-order valence-corrected chi connectivity index (χ4v) is 1.65. The van der Waals surface area contributed by atoms with E-state index in [1.165, 1.54) is 19.3 Å². The molecule has 0 amide bonds. The summed E-state index contributed by atoms with van der Waals surface area (Å²) in [5.74, 6) is 1.58. The van der Waals surface area contributed by atoms with Gasteiger partial charge in [0.2, 0.25) is 0 Å². The molecule has 0 aromatic carbocycles. The molecule has 11 heavy (non-hydrogen) atoms. The van der Waals surface area contributed by atoms with Crippen LogP contribution in [0.3, 0.4) is 0 Å². The van der Waals surface area contributed by atoms with Crippen molar-refractivity contribution in [1.82, 2.24) is 0 Å². The SMILES string of the molecule is CC(C)CC1CCC(C)CO1. The third-order valence-corrected chi connectivity index (χ3v) is 2.33. The van der Waals surface area contributed by atoms with Crippen molar-refractivity contribution >= 4 is 0 Å². The van der Waals surface area contributed by atoms with Crippen molar-refractivity contribution in [2.75, 3.05) is 6.61 Å². The third-order valence-electron chi connectivity index (χ3n) is 2.33. The van der Waals surface area contributed by atoms with E-state index in [9.17, 15) is 0 Å². The van der Waals surface area contributed by atoms with Crippen molar-refractivity contribution in [3.8, 4) is 0 Å². The summed E-state index contributed by atoms with van der Waals surface area (Å²) in [6.45, 7) is 7.78. The monoisotopic (exact) mass is 156 g/mol. The number of hydrogen-bond acceptors (Lipinski definition) is 1. The van der Waals surface area contributed by atoms with Gasteiger partial charge in [-0.25, -0.2) is 0 Å². The third kappa shape index (κ3) is 3.24. The molecule has 1 heteroatoms. The van der Waals surface area contributed by atoms with Gasteiger partial charge >= 0.3 is 0 Å². The Morgan fingerprint density at radius 2 is 2.09 bits per heavy atom. The van der Waals surface area contributed by atoms with Crippen molar-refractivity contribution in [3.63, 3.8) is 0 Å². The number of ether oxygens (including phenoxy) is 1. The Morgan fingerprint density at radius 3 is 2.55 bits per heavy atom. The molecular formula is C10H20O. The van der Waals surface area contributed by atoms with E-state index in [-0.39, 0.29) is 0 Å². The molecule has 1 fully saturated rings. The molecule has 1 aliphatic rings. The van der Waals surface area contributed by atoms with Gasteiger partial charge in [0.05, 0.1) is 6.10 Å². The van der Waals surface area contributed by atoms with Gasteiger partial charge in [0.1, 0.15) is 0 Å². The van der Waals surface area contributed by atoms with Crippen molar-refractivity contribution in [3.05, 3.63) is 0 Å². The van der Waals surface area contributed by atoms with Gasteiger partial charge in [-0.1, -0.05) is 20.8 Å². The summed E-state index contributed by atoms with van der Waals surface area (Å²) < 4.78 is 5.70. The van der Waals surface area contributed by atoms with E-state index in [1.807, 2.05) is 0 Å². The minimum absolute atomic E-state index is 0.561.